The van der Waals surface area contributed by atoms with Gasteiger partial charge in [0, 0.05) is 17.2 Å². The number of hydrogen-bond acceptors (Lipinski definition) is 20. The Morgan fingerprint density at radius 2 is 1.37 bits per heavy atom. The van der Waals surface area contributed by atoms with E-state index in [0.717, 1.165) is 6.07 Å². The average molecular weight is 839 g/mol. The van der Waals surface area contributed by atoms with Gasteiger partial charge < -0.3 is 93.7 Å². The van der Waals surface area contributed by atoms with Gasteiger partial charge in [-0.2, -0.15) is 0 Å². The van der Waals surface area contributed by atoms with Crippen molar-refractivity contribution in [3.05, 3.63) is 57.8 Å². The van der Waals surface area contributed by atoms with E-state index < -0.39 is 121 Å². The molecule has 0 aliphatic carbocycles. The van der Waals surface area contributed by atoms with Crippen LogP contribution in [0, 0.1) is 0 Å². The summed E-state index contributed by atoms with van der Waals surface area (Å²) >= 11 is 0. The van der Waals surface area contributed by atoms with E-state index in [4.69, 9.17) is 37.6 Å². The maximum Gasteiger partial charge on any atom is 0.239 e. The fraction of sp³-hybridized carbons (Fsp3) is 0.564. The van der Waals surface area contributed by atoms with Crippen LogP contribution in [0.4, 0.5) is 0 Å². The van der Waals surface area contributed by atoms with Crippen molar-refractivity contribution >= 4 is 11.0 Å². The highest BCUT2D eigenvalue weighted by atomic mass is 16.8. The molecule has 59 heavy (non-hydrogen) atoms. The number of aromatic hydroxyl groups is 1. The standard InChI is InChI=1S/C39H50O20/c1-14(12-40)5-10-19-21(55-38-32(51)29(48)26(45)22(13-41)56-38)11-20(42)23-27(46)35(33(57-34(19)23)17-6-8-18(52-4)9-7-17)58-39-36(30(49)25(44)16(3)54-39)59-37-31(50)28(47)24(43)15(2)53-37/h5-9,11,15-16,22,24-26,28-32,36-45,47-51H,10,12-13H2,1-4H3/b14-5+/t15-,16+,22-,24-,25+,26-,28+,29+,30-,31+,32-,36-,37+,38-,39+/m1/s1. The normalized spacial score (nSPS) is 35.4. The number of ether oxygens (including phenoxy) is 7. The summed E-state index contributed by atoms with van der Waals surface area (Å²) in [5.41, 5.74) is -0.555. The summed E-state index contributed by atoms with van der Waals surface area (Å²) in [5, 5.41) is 115. The van der Waals surface area contributed by atoms with Crippen LogP contribution < -0.4 is 19.6 Å². The first-order chi connectivity index (χ1) is 28.0. The molecule has 0 saturated carbocycles. The third-order valence-corrected chi connectivity index (χ3v) is 10.6. The quantitative estimate of drug-likeness (QED) is 0.0870. The number of methoxy groups -OCH3 is 1. The number of benzene rings is 2. The maximum atomic E-state index is 14.7. The van der Waals surface area contributed by atoms with Crippen LogP contribution in [-0.2, 0) is 25.4 Å². The monoisotopic (exact) mass is 838 g/mol. The van der Waals surface area contributed by atoms with Crippen LogP contribution in [-0.4, -0.2) is 169 Å². The molecule has 0 unspecified atom stereocenters. The Kier molecular flexibility index (Phi) is 13.9. The van der Waals surface area contributed by atoms with Crippen LogP contribution in [0.25, 0.3) is 22.3 Å². The van der Waals surface area contributed by atoms with Crippen molar-refractivity contribution in [3.63, 3.8) is 0 Å². The van der Waals surface area contributed by atoms with Gasteiger partial charge >= 0.3 is 0 Å². The Morgan fingerprint density at radius 1 is 0.763 bits per heavy atom. The number of rotatable bonds is 12. The fourth-order valence-corrected chi connectivity index (χ4v) is 6.97. The lowest BCUT2D eigenvalue weighted by Gasteiger charge is -2.45. The molecule has 326 valence electrons. The Labute approximate surface area is 336 Å². The Morgan fingerprint density at radius 3 is 2.00 bits per heavy atom. The van der Waals surface area contributed by atoms with Gasteiger partial charge in [-0.15, -0.1) is 0 Å². The molecule has 3 fully saturated rings. The number of phenols is 1. The zero-order chi connectivity index (χ0) is 43.0. The van der Waals surface area contributed by atoms with E-state index in [9.17, 15) is 61.0 Å². The minimum Gasteiger partial charge on any atom is -0.507 e. The van der Waals surface area contributed by atoms with Gasteiger partial charge in [0.15, 0.2) is 18.2 Å². The maximum absolute atomic E-state index is 14.7. The molecule has 3 saturated heterocycles. The number of allylic oxidation sites excluding steroid dienone is 1. The van der Waals surface area contributed by atoms with Crippen molar-refractivity contribution in [2.24, 2.45) is 0 Å². The van der Waals surface area contributed by atoms with Crippen molar-refractivity contribution < 1.29 is 93.7 Å². The van der Waals surface area contributed by atoms with E-state index in [2.05, 4.69) is 0 Å². The summed E-state index contributed by atoms with van der Waals surface area (Å²) in [4.78, 5) is 14.7. The molecule has 3 aliphatic rings. The van der Waals surface area contributed by atoms with Gasteiger partial charge in [-0.25, -0.2) is 0 Å². The number of hydrogen-bond donors (Lipinski definition) is 11. The summed E-state index contributed by atoms with van der Waals surface area (Å²) in [6.45, 7) is 3.30. The number of aliphatic hydroxyl groups excluding tert-OH is 10. The van der Waals surface area contributed by atoms with Crippen LogP contribution in [0.15, 0.2) is 51.2 Å². The molecule has 11 N–H and O–H groups in total. The largest absolute Gasteiger partial charge is 0.507 e. The number of aliphatic hydroxyl groups is 10. The van der Waals surface area contributed by atoms with Gasteiger partial charge in [0.05, 0.1) is 32.5 Å². The van der Waals surface area contributed by atoms with Gasteiger partial charge in [0.25, 0.3) is 0 Å². The highest BCUT2D eigenvalue weighted by molar-refractivity contribution is 5.91. The molecular weight excluding hydrogens is 788 g/mol. The van der Waals surface area contributed by atoms with Gasteiger partial charge in [-0.05, 0) is 51.5 Å². The molecule has 20 heteroatoms. The number of phenolic OH excluding ortho intramolecular Hbond substituents is 1. The first kappa shape index (κ1) is 44.6. The van der Waals surface area contributed by atoms with Gasteiger partial charge in [-0.3, -0.25) is 4.79 Å². The van der Waals surface area contributed by atoms with Crippen LogP contribution >= 0.6 is 0 Å². The third kappa shape index (κ3) is 8.79. The smallest absolute Gasteiger partial charge is 0.239 e. The van der Waals surface area contributed by atoms with Crippen LogP contribution in [0.5, 0.6) is 23.0 Å². The van der Waals surface area contributed by atoms with Crippen molar-refractivity contribution in [3.8, 4) is 34.3 Å². The van der Waals surface area contributed by atoms with Gasteiger partial charge in [-0.1, -0.05) is 11.6 Å². The van der Waals surface area contributed by atoms with Crippen molar-refractivity contribution in [1.82, 2.24) is 0 Å². The van der Waals surface area contributed by atoms with Crippen LogP contribution in [0.2, 0.25) is 0 Å². The molecule has 0 spiro atoms. The first-order valence-corrected chi connectivity index (χ1v) is 18.8. The van der Waals surface area contributed by atoms with Crippen LogP contribution in [0.1, 0.15) is 26.3 Å². The summed E-state index contributed by atoms with van der Waals surface area (Å²) < 4.78 is 46.7. The second-order valence-electron chi connectivity index (χ2n) is 14.7. The predicted octanol–water partition coefficient (Wildman–Crippen LogP) is -2.11. The molecule has 1 aromatic heterocycles. The van der Waals surface area contributed by atoms with Crippen molar-refractivity contribution in [2.75, 3.05) is 20.3 Å². The molecule has 4 heterocycles. The Bertz CT molecular complexity index is 2000. The van der Waals surface area contributed by atoms with E-state index in [0.29, 0.717) is 11.3 Å². The summed E-state index contributed by atoms with van der Waals surface area (Å²) in [5.74, 6) is -1.44. The summed E-state index contributed by atoms with van der Waals surface area (Å²) in [6.07, 6.45) is -22.9. The summed E-state index contributed by atoms with van der Waals surface area (Å²) in [6, 6.07) is 7.11. The molecule has 0 amide bonds. The van der Waals surface area contributed by atoms with Crippen molar-refractivity contribution in [2.45, 2.75) is 119 Å². The zero-order valence-electron chi connectivity index (χ0n) is 32.3. The minimum atomic E-state index is -1.86. The second-order valence-corrected chi connectivity index (χ2v) is 14.7. The van der Waals surface area contributed by atoms with Gasteiger partial charge in [0.1, 0.15) is 83.2 Å². The predicted molar refractivity (Wildman–Crippen MR) is 199 cm³/mol. The Balaban J connectivity index is 1.51. The molecule has 0 radical (unpaired) electrons. The molecule has 15 atom stereocenters. The molecule has 6 rings (SSSR count). The van der Waals surface area contributed by atoms with E-state index in [1.165, 1.54) is 33.1 Å². The SMILES string of the molecule is COc1ccc(-c2oc3c(C/C=C(\C)CO)c(O[C@@H]4O[C@H](CO)[C@@H](O)[C@H](O)[C@H]4O)cc(O)c3c(=O)c2O[C@@H]2O[C@@H](C)[C@H](O)[C@@H](O)[C@H]2O[C@@H]2O[C@H](C)[C@@H](O)[C@H](O)[C@@H]2O)cc1. The third-order valence-electron chi connectivity index (χ3n) is 10.6. The molecule has 0 bridgehead atoms. The van der Waals surface area contributed by atoms with Gasteiger partial charge in [0.2, 0.25) is 23.8 Å². The van der Waals surface area contributed by atoms with E-state index in [-0.39, 0.29) is 41.2 Å². The van der Waals surface area contributed by atoms with E-state index in [1.54, 1.807) is 25.1 Å². The highest BCUT2D eigenvalue weighted by Gasteiger charge is 2.51. The molecule has 2 aromatic carbocycles. The topological polar surface area (TPSA) is 317 Å². The van der Waals surface area contributed by atoms with Crippen LogP contribution in [0.3, 0.4) is 0 Å². The lowest BCUT2D eigenvalue weighted by molar-refractivity contribution is -0.352. The lowest BCUT2D eigenvalue weighted by Crippen LogP contribution is -2.63. The average Bonchev–Trinajstić information content (AvgIpc) is 3.22. The minimum absolute atomic E-state index is 0.0570. The summed E-state index contributed by atoms with van der Waals surface area (Å²) in [7, 11) is 1.43. The van der Waals surface area contributed by atoms with E-state index >= 15 is 0 Å². The molecule has 3 aliphatic heterocycles. The first-order valence-electron chi connectivity index (χ1n) is 18.8. The molecule has 20 nitrogen and oxygen atoms in total. The second kappa shape index (κ2) is 18.3. The zero-order valence-corrected chi connectivity index (χ0v) is 32.3. The highest BCUT2D eigenvalue weighted by Crippen LogP contribution is 2.42. The lowest BCUT2D eigenvalue weighted by atomic mass is 9.98. The Hall–Kier alpha value is -3.97. The molecular formula is C39H50O20. The molecule has 3 aromatic rings. The van der Waals surface area contributed by atoms with Crippen molar-refractivity contribution in [1.29, 1.82) is 0 Å². The fourth-order valence-electron chi connectivity index (χ4n) is 6.97. The number of fused-ring (bicyclic) bond motifs is 1. The van der Waals surface area contributed by atoms with E-state index in [1.807, 2.05) is 0 Å².